The maximum atomic E-state index is 14.1. The summed E-state index contributed by atoms with van der Waals surface area (Å²) in [5.74, 6) is -2.66. The maximum Gasteiger partial charge on any atom is 0.450 e. The summed E-state index contributed by atoms with van der Waals surface area (Å²) in [5.41, 5.74) is -1.55. The molecule has 0 aliphatic carbocycles. The minimum Gasteiger partial charge on any atom is -0.450 e. The molecule has 0 saturated carbocycles. The number of alkyl halides is 3. The van der Waals surface area contributed by atoms with Gasteiger partial charge in [0.25, 0.3) is 0 Å². The Morgan fingerprint density at radius 1 is 0.895 bits per heavy atom. The average Bonchev–Trinajstić information content (AvgIpc) is 2.91. The fraction of sp³-hybridized carbons (Fsp3) is 0.0333. The van der Waals surface area contributed by atoms with E-state index in [1.54, 1.807) is 72.8 Å². The van der Waals surface area contributed by atoms with Crippen LogP contribution in [0.25, 0.3) is 38.9 Å². The summed E-state index contributed by atoms with van der Waals surface area (Å²) in [4.78, 5) is 26.0. The summed E-state index contributed by atoms with van der Waals surface area (Å²) >= 11 is 0. The van der Waals surface area contributed by atoms with Crippen molar-refractivity contribution < 1.29 is 27.1 Å². The van der Waals surface area contributed by atoms with Crippen molar-refractivity contribution in [2.45, 2.75) is 6.18 Å². The highest BCUT2D eigenvalue weighted by Crippen LogP contribution is 2.39. The van der Waals surface area contributed by atoms with E-state index in [-0.39, 0.29) is 22.3 Å². The monoisotopic (exact) mass is 511 g/mol. The van der Waals surface area contributed by atoms with E-state index in [9.17, 15) is 28.0 Å². The molecule has 5 rings (SSSR count). The van der Waals surface area contributed by atoms with Crippen LogP contribution in [0.2, 0.25) is 0 Å². The van der Waals surface area contributed by atoms with Crippen molar-refractivity contribution in [3.8, 4) is 22.9 Å². The molecule has 0 atom stereocenters. The third-order valence-corrected chi connectivity index (χ3v) is 5.84. The Morgan fingerprint density at radius 3 is 2.34 bits per heavy atom. The van der Waals surface area contributed by atoms with Crippen molar-refractivity contribution in [3.05, 3.63) is 118 Å². The lowest BCUT2D eigenvalue weighted by Crippen LogP contribution is -2.16. The van der Waals surface area contributed by atoms with E-state index >= 15 is 0 Å². The highest BCUT2D eigenvalue weighted by atomic mass is 19.4. The Bertz CT molecular complexity index is 1830. The molecule has 5 aromatic rings. The van der Waals surface area contributed by atoms with E-state index in [2.05, 4.69) is 0 Å². The maximum absolute atomic E-state index is 14.1. The SMILES string of the molecule is N#C/C(=C\c1ccccc1)C(=O)Oc1ccc2c(=O)c(-c3cccc4ccccc34)c(C(F)(F)F)oc2c1. The highest BCUT2D eigenvalue weighted by molar-refractivity contribution is 6.00. The van der Waals surface area contributed by atoms with Gasteiger partial charge in [0.05, 0.1) is 10.9 Å². The minimum absolute atomic E-state index is 0.0892. The van der Waals surface area contributed by atoms with Gasteiger partial charge in [-0.15, -0.1) is 0 Å². The Balaban J connectivity index is 1.61. The number of benzene rings is 4. The van der Waals surface area contributed by atoms with Gasteiger partial charge in [-0.3, -0.25) is 4.79 Å². The molecule has 4 aromatic carbocycles. The fourth-order valence-corrected chi connectivity index (χ4v) is 4.14. The molecule has 0 aliphatic heterocycles. The lowest BCUT2D eigenvalue weighted by atomic mass is 9.96. The van der Waals surface area contributed by atoms with Gasteiger partial charge in [-0.1, -0.05) is 72.8 Å². The minimum atomic E-state index is -4.99. The summed E-state index contributed by atoms with van der Waals surface area (Å²) < 4.78 is 52.9. The van der Waals surface area contributed by atoms with E-state index in [1.165, 1.54) is 24.3 Å². The first-order valence-electron chi connectivity index (χ1n) is 11.3. The number of hydrogen-bond donors (Lipinski definition) is 0. The normalized spacial score (nSPS) is 11.9. The van der Waals surface area contributed by atoms with Crippen LogP contribution in [0, 0.1) is 11.3 Å². The molecule has 38 heavy (non-hydrogen) atoms. The van der Waals surface area contributed by atoms with E-state index in [0.29, 0.717) is 16.3 Å². The molecule has 5 nitrogen and oxygen atoms in total. The topological polar surface area (TPSA) is 80.3 Å². The Kier molecular flexibility index (Phi) is 6.27. The number of halogens is 3. The molecule has 0 saturated heterocycles. The molecule has 1 aromatic heterocycles. The molecular formula is C30H16F3NO4. The largest absolute Gasteiger partial charge is 0.450 e. The summed E-state index contributed by atoms with van der Waals surface area (Å²) in [6.45, 7) is 0. The highest BCUT2D eigenvalue weighted by Gasteiger charge is 2.39. The van der Waals surface area contributed by atoms with Crippen molar-refractivity contribution in [2.24, 2.45) is 0 Å². The van der Waals surface area contributed by atoms with Crippen LogP contribution in [0.4, 0.5) is 13.2 Å². The van der Waals surface area contributed by atoms with Gasteiger partial charge in [0, 0.05) is 6.07 Å². The predicted molar refractivity (Wildman–Crippen MR) is 136 cm³/mol. The average molecular weight is 511 g/mol. The number of hydrogen-bond acceptors (Lipinski definition) is 5. The Hall–Kier alpha value is -5.16. The first-order chi connectivity index (χ1) is 18.3. The zero-order valence-corrected chi connectivity index (χ0v) is 19.5. The van der Waals surface area contributed by atoms with E-state index < -0.39 is 34.5 Å². The van der Waals surface area contributed by atoms with Crippen LogP contribution in [-0.2, 0) is 11.0 Å². The summed E-state index contributed by atoms with van der Waals surface area (Å²) in [7, 11) is 0. The molecule has 0 spiro atoms. The number of ether oxygens (including phenoxy) is 1. The predicted octanol–water partition coefficient (Wildman–Crippen LogP) is 7.14. The first kappa shape index (κ1) is 24.5. The number of carbonyl (C=O) groups excluding carboxylic acids is 1. The van der Waals surface area contributed by atoms with E-state index in [0.717, 1.165) is 6.07 Å². The summed E-state index contributed by atoms with van der Waals surface area (Å²) in [6.07, 6.45) is -3.67. The number of nitriles is 1. The van der Waals surface area contributed by atoms with Crippen LogP contribution in [0.1, 0.15) is 11.3 Å². The fourth-order valence-electron chi connectivity index (χ4n) is 4.14. The van der Waals surface area contributed by atoms with E-state index in [1.807, 2.05) is 0 Å². The van der Waals surface area contributed by atoms with Crippen LogP contribution >= 0.6 is 0 Å². The summed E-state index contributed by atoms with van der Waals surface area (Å²) in [5, 5.41) is 10.4. The molecule has 186 valence electrons. The van der Waals surface area contributed by atoms with Crippen molar-refractivity contribution in [1.29, 1.82) is 5.26 Å². The van der Waals surface area contributed by atoms with E-state index in [4.69, 9.17) is 9.15 Å². The molecule has 0 fully saturated rings. The molecule has 1 heterocycles. The van der Waals surface area contributed by atoms with Gasteiger partial charge >= 0.3 is 12.1 Å². The van der Waals surface area contributed by atoms with Gasteiger partial charge in [-0.2, -0.15) is 18.4 Å². The number of carbonyl (C=O) groups is 1. The van der Waals surface area contributed by atoms with Crippen molar-refractivity contribution >= 4 is 33.8 Å². The third-order valence-electron chi connectivity index (χ3n) is 5.84. The lowest BCUT2D eigenvalue weighted by Gasteiger charge is -2.14. The molecule has 0 radical (unpaired) electrons. The van der Waals surface area contributed by atoms with Crippen molar-refractivity contribution in [1.82, 2.24) is 0 Å². The van der Waals surface area contributed by atoms with Crippen molar-refractivity contribution in [3.63, 3.8) is 0 Å². The molecule has 0 aliphatic rings. The standard InChI is InChI=1S/C30H16F3NO4/c31-30(32,33)28-26(23-12-6-10-19-9-4-5-11-22(19)23)27(35)24-14-13-21(16-25(24)38-28)37-29(36)20(17-34)15-18-7-2-1-3-8-18/h1-16H/b20-15+. The molecule has 0 bridgehead atoms. The van der Waals surface area contributed by atoms with Gasteiger partial charge in [-0.25, -0.2) is 4.79 Å². The van der Waals surface area contributed by atoms with Gasteiger partial charge in [0.2, 0.25) is 11.2 Å². The van der Waals surface area contributed by atoms with Gasteiger partial charge in [0.15, 0.2) is 0 Å². The van der Waals surface area contributed by atoms with Crippen LogP contribution < -0.4 is 10.2 Å². The number of fused-ring (bicyclic) bond motifs is 2. The van der Waals surface area contributed by atoms with Gasteiger partial charge in [0.1, 0.15) is 23.0 Å². The molecule has 0 amide bonds. The van der Waals surface area contributed by atoms with Crippen molar-refractivity contribution in [2.75, 3.05) is 0 Å². The smallest absolute Gasteiger partial charge is 0.450 e. The molecule has 0 N–H and O–H groups in total. The van der Waals surface area contributed by atoms with Crippen LogP contribution in [-0.4, -0.2) is 5.97 Å². The Morgan fingerprint density at radius 2 is 1.61 bits per heavy atom. The van der Waals surface area contributed by atoms with Gasteiger partial charge < -0.3 is 9.15 Å². The van der Waals surface area contributed by atoms with Crippen LogP contribution in [0.5, 0.6) is 5.75 Å². The summed E-state index contributed by atoms with van der Waals surface area (Å²) in [6, 6.07) is 25.4. The van der Waals surface area contributed by atoms with Crippen LogP contribution in [0.15, 0.2) is 106 Å². The molecule has 8 heteroatoms. The molecular weight excluding hydrogens is 495 g/mol. The number of rotatable bonds is 4. The van der Waals surface area contributed by atoms with Gasteiger partial charge in [-0.05, 0) is 40.1 Å². The zero-order chi connectivity index (χ0) is 26.9. The first-order valence-corrected chi connectivity index (χ1v) is 11.3. The number of nitrogens with zero attached hydrogens (tertiary/aromatic N) is 1. The van der Waals surface area contributed by atoms with Crippen LogP contribution in [0.3, 0.4) is 0 Å². The lowest BCUT2D eigenvalue weighted by molar-refractivity contribution is -0.152. The third kappa shape index (κ3) is 4.65. The molecule has 0 unspecified atom stereocenters. The second-order valence-electron chi connectivity index (χ2n) is 8.29. The zero-order valence-electron chi connectivity index (χ0n) is 19.5. The Labute approximate surface area is 213 Å². The second-order valence-corrected chi connectivity index (χ2v) is 8.29. The quantitative estimate of drug-likeness (QED) is 0.111. The number of esters is 1. The second kappa shape index (κ2) is 9.71.